The van der Waals surface area contributed by atoms with Crippen molar-refractivity contribution in [1.29, 1.82) is 0 Å². The first-order chi connectivity index (χ1) is 37.7. The van der Waals surface area contributed by atoms with Crippen molar-refractivity contribution >= 4 is 91.1 Å². The molecule has 2 aliphatic rings. The van der Waals surface area contributed by atoms with E-state index in [4.69, 9.17) is 15.0 Å². The second-order valence-corrected chi connectivity index (χ2v) is 27.5. The molecule has 2 unspecified atom stereocenters. The molecule has 14 rings (SSSR count). The smallest absolute Gasteiger partial charge is 0.240 e. The van der Waals surface area contributed by atoms with Gasteiger partial charge < -0.3 is 4.90 Å². The van der Waals surface area contributed by atoms with Gasteiger partial charge in [0, 0.05) is 27.9 Å². The van der Waals surface area contributed by atoms with Crippen molar-refractivity contribution in [1.82, 2.24) is 19.5 Å². The molecule has 0 amide bonds. The van der Waals surface area contributed by atoms with Crippen LogP contribution in [0, 0.1) is 0 Å². The lowest BCUT2D eigenvalue weighted by Crippen LogP contribution is -2.78. The normalized spacial score (nSPS) is 15.0. The molecule has 76 heavy (non-hydrogen) atoms. The first-order valence-electron chi connectivity index (χ1n) is 26.2. The zero-order valence-electron chi connectivity index (χ0n) is 41.7. The van der Waals surface area contributed by atoms with E-state index < -0.39 is 16.1 Å². The second kappa shape index (κ2) is 18.9. The number of aromatic nitrogens is 4. The Balaban J connectivity index is 1.15. The molecule has 0 fully saturated rings. The molecule has 0 saturated heterocycles. The lowest BCUT2D eigenvalue weighted by molar-refractivity contribution is 0.725. The molecular formula is C69H51N5Si2. The predicted molar refractivity (Wildman–Crippen MR) is 320 cm³/mol. The van der Waals surface area contributed by atoms with Gasteiger partial charge in [0.25, 0.3) is 0 Å². The van der Waals surface area contributed by atoms with Crippen LogP contribution in [0.25, 0.3) is 39.1 Å². The summed E-state index contributed by atoms with van der Waals surface area (Å²) in [4.78, 5) is 19.5. The molecule has 2 aromatic heterocycles. The maximum atomic E-state index is 5.79. The largest absolute Gasteiger partial charge is 0.302 e. The minimum Gasteiger partial charge on any atom is -0.302 e. The minimum atomic E-state index is -3.21. The molecule has 3 heterocycles. The summed E-state index contributed by atoms with van der Waals surface area (Å²) in [5.74, 6) is 1.91. The third kappa shape index (κ3) is 7.23. The lowest BCUT2D eigenvalue weighted by atomic mass is 9.92. The fourth-order valence-corrected chi connectivity index (χ4v) is 22.5. The van der Waals surface area contributed by atoms with Crippen LogP contribution in [0.4, 0.5) is 11.6 Å². The van der Waals surface area contributed by atoms with Crippen LogP contribution < -0.4 is 46.4 Å². The highest BCUT2D eigenvalue weighted by Gasteiger charge is 2.46. The topological polar surface area (TPSA) is 46.8 Å². The van der Waals surface area contributed by atoms with Crippen molar-refractivity contribution in [2.24, 2.45) is 0 Å². The Kier molecular flexibility index (Phi) is 11.3. The number of hydrogen-bond acceptors (Lipinski definition) is 4. The number of rotatable bonds is 11. The molecule has 1 aliphatic heterocycles. The number of anilines is 2. The highest BCUT2D eigenvalue weighted by Crippen LogP contribution is 2.47. The molecule has 2 atom stereocenters. The van der Waals surface area contributed by atoms with Crippen LogP contribution in [0.2, 0.25) is 0 Å². The van der Waals surface area contributed by atoms with Crippen molar-refractivity contribution < 1.29 is 0 Å². The molecule has 12 aromatic rings. The fourth-order valence-electron chi connectivity index (χ4n) is 12.7. The SMILES string of the molecule is C1=CC2c3ccccc3N(c3nc(-c4cc([Si](c5ccccc5)(c5ccccc5)c5ccccc5)cc([Si](c5ccccc5)(c5ccccc5)c5ccccc5)c4)nc(-n4c5ccccc5c5ccccc54)n3)C2C=C1. The van der Waals surface area contributed by atoms with Gasteiger partial charge in [0.2, 0.25) is 11.9 Å². The Morgan fingerprint density at radius 2 is 0.711 bits per heavy atom. The van der Waals surface area contributed by atoms with Gasteiger partial charge in [0.1, 0.15) is 0 Å². The quantitative estimate of drug-likeness (QED) is 0.0957. The number of para-hydroxylation sites is 3. The van der Waals surface area contributed by atoms with Crippen LogP contribution in [-0.2, 0) is 0 Å². The van der Waals surface area contributed by atoms with E-state index in [2.05, 4.69) is 307 Å². The standard InChI is InChI=1S/C69H51N5Si2/c1-7-27-51(28-8-1)75(52-29-9-2-10-30-52,53-31-11-3-12-32-53)57-47-50(48-58(49-57)76(54-33-13-4-14-34-54,55-35-15-5-16-36-55)56-37-17-6-18-38-56)67-70-68(73-63-43-23-19-39-59(63)60-40-20-24-44-64(60)73)72-69(71-67)74-65-45-25-21-41-61(65)62-42-22-26-46-66(62)74/h1-49,59,63H. The monoisotopic (exact) mass is 1010 g/mol. The van der Waals surface area contributed by atoms with E-state index in [1.54, 1.807) is 0 Å². The number of nitrogens with zero attached hydrogens (tertiary/aromatic N) is 5. The van der Waals surface area contributed by atoms with E-state index in [0.29, 0.717) is 17.7 Å². The number of allylic oxidation sites excluding steroid dienone is 2. The van der Waals surface area contributed by atoms with Gasteiger partial charge in [0.15, 0.2) is 22.0 Å². The summed E-state index contributed by atoms with van der Waals surface area (Å²) in [5, 5.41) is 12.5. The van der Waals surface area contributed by atoms with Gasteiger partial charge in [-0.25, -0.2) is 0 Å². The maximum Gasteiger partial charge on any atom is 0.240 e. The van der Waals surface area contributed by atoms with Crippen LogP contribution in [-0.4, -0.2) is 41.7 Å². The van der Waals surface area contributed by atoms with Gasteiger partial charge in [-0.15, -0.1) is 0 Å². The van der Waals surface area contributed by atoms with Crippen LogP contribution in [0.3, 0.4) is 0 Å². The zero-order valence-corrected chi connectivity index (χ0v) is 43.7. The molecule has 0 radical (unpaired) electrons. The maximum absolute atomic E-state index is 5.79. The summed E-state index contributed by atoms with van der Waals surface area (Å²) in [5.41, 5.74) is 5.36. The Morgan fingerprint density at radius 3 is 1.17 bits per heavy atom. The van der Waals surface area contributed by atoms with Gasteiger partial charge in [-0.1, -0.05) is 279 Å². The molecule has 0 bridgehead atoms. The van der Waals surface area contributed by atoms with E-state index in [9.17, 15) is 0 Å². The Labute approximate surface area is 445 Å². The molecule has 0 saturated carbocycles. The summed E-state index contributed by atoms with van der Waals surface area (Å²) >= 11 is 0. The van der Waals surface area contributed by atoms with Gasteiger partial charge in [0.05, 0.1) is 17.1 Å². The van der Waals surface area contributed by atoms with Crippen LogP contribution in [0.15, 0.2) is 297 Å². The van der Waals surface area contributed by atoms with Crippen molar-refractivity contribution in [3.8, 4) is 17.3 Å². The Bertz CT molecular complexity index is 3740. The Hall–Kier alpha value is -9.28. The van der Waals surface area contributed by atoms with Crippen LogP contribution >= 0.6 is 0 Å². The third-order valence-electron chi connectivity index (χ3n) is 15.9. The zero-order chi connectivity index (χ0) is 50.5. The van der Waals surface area contributed by atoms with Gasteiger partial charge in [-0.05, 0) is 65.3 Å². The highest BCUT2D eigenvalue weighted by atomic mass is 28.3. The van der Waals surface area contributed by atoms with E-state index in [1.807, 2.05) is 0 Å². The van der Waals surface area contributed by atoms with Crippen LogP contribution in [0.5, 0.6) is 0 Å². The van der Waals surface area contributed by atoms with Gasteiger partial charge in [-0.2, -0.15) is 15.0 Å². The van der Waals surface area contributed by atoms with E-state index in [0.717, 1.165) is 33.1 Å². The molecule has 0 N–H and O–H groups in total. The van der Waals surface area contributed by atoms with E-state index >= 15 is 0 Å². The van der Waals surface area contributed by atoms with Crippen molar-refractivity contribution in [3.63, 3.8) is 0 Å². The Morgan fingerprint density at radius 1 is 0.329 bits per heavy atom. The fraction of sp³-hybridized carbons (Fsp3) is 0.0290. The van der Waals surface area contributed by atoms with Gasteiger partial charge >= 0.3 is 0 Å². The molecule has 1 aliphatic carbocycles. The number of fused-ring (bicyclic) bond motifs is 6. The third-order valence-corrected chi connectivity index (χ3v) is 25.4. The van der Waals surface area contributed by atoms with Crippen molar-refractivity contribution in [2.45, 2.75) is 12.0 Å². The van der Waals surface area contributed by atoms with Crippen molar-refractivity contribution in [3.05, 3.63) is 303 Å². The summed E-state index contributed by atoms with van der Waals surface area (Å²) in [6, 6.07) is 101. The molecule has 7 heteroatoms. The molecule has 5 nitrogen and oxygen atoms in total. The number of hydrogen-bond donors (Lipinski definition) is 0. The molecule has 10 aromatic carbocycles. The highest BCUT2D eigenvalue weighted by molar-refractivity contribution is 7.22. The summed E-state index contributed by atoms with van der Waals surface area (Å²) < 4.78 is 2.24. The van der Waals surface area contributed by atoms with Crippen molar-refractivity contribution in [2.75, 3.05) is 4.90 Å². The van der Waals surface area contributed by atoms with Gasteiger partial charge in [-0.3, -0.25) is 4.57 Å². The molecule has 360 valence electrons. The summed E-state index contributed by atoms with van der Waals surface area (Å²) in [7, 11) is -6.42. The minimum absolute atomic E-state index is 0.0332. The average Bonchev–Trinajstić information content (AvgIpc) is 4.11. The van der Waals surface area contributed by atoms with E-state index in [-0.39, 0.29) is 12.0 Å². The van der Waals surface area contributed by atoms with Crippen LogP contribution in [0.1, 0.15) is 11.5 Å². The van der Waals surface area contributed by atoms with E-state index in [1.165, 1.54) is 47.1 Å². The summed E-state index contributed by atoms with van der Waals surface area (Å²) in [6.07, 6.45) is 8.94. The average molecular weight is 1010 g/mol. The first kappa shape index (κ1) is 45.3. The second-order valence-electron chi connectivity index (χ2n) is 19.8. The number of benzene rings is 10. The molecule has 0 spiro atoms. The first-order valence-corrected chi connectivity index (χ1v) is 30.2. The predicted octanol–water partition coefficient (Wildman–Crippen LogP) is 10.1. The molecular weight excluding hydrogens is 955 g/mol. The lowest BCUT2D eigenvalue weighted by Gasteiger charge is -2.38. The summed E-state index contributed by atoms with van der Waals surface area (Å²) in [6.45, 7) is 0.